The molecule has 1 saturated heterocycles. The molecule has 0 unspecified atom stereocenters. The van der Waals surface area contributed by atoms with Gasteiger partial charge in [0.25, 0.3) is 0 Å². The van der Waals surface area contributed by atoms with E-state index in [1.54, 1.807) is 12.3 Å². The summed E-state index contributed by atoms with van der Waals surface area (Å²) in [5.74, 6) is 2.52. The minimum Gasteiger partial charge on any atom is -0.490 e. The Balaban J connectivity index is 1.28. The molecule has 1 fully saturated rings. The van der Waals surface area contributed by atoms with E-state index in [2.05, 4.69) is 31.7 Å². The van der Waals surface area contributed by atoms with Gasteiger partial charge in [-0.05, 0) is 69.3 Å². The highest BCUT2D eigenvalue weighted by Crippen LogP contribution is 2.27. The molecule has 1 aliphatic rings. The molecule has 0 aliphatic carbocycles. The van der Waals surface area contributed by atoms with Gasteiger partial charge in [0.2, 0.25) is 11.8 Å². The zero-order valence-electron chi connectivity index (χ0n) is 17.4. The lowest BCUT2D eigenvalue weighted by molar-refractivity contribution is 0.162. The fourth-order valence-electron chi connectivity index (χ4n) is 3.78. The van der Waals surface area contributed by atoms with Gasteiger partial charge in [-0.1, -0.05) is 6.07 Å². The highest BCUT2D eigenvalue weighted by Gasteiger charge is 2.14. The number of hydrogen-bond donors (Lipinski definition) is 3. The second kappa shape index (κ2) is 8.65. The molecule has 0 bridgehead atoms. The average molecular weight is 415 g/mol. The molecule has 0 spiro atoms. The largest absolute Gasteiger partial charge is 0.490 e. The first kappa shape index (κ1) is 19.4. The second-order valence-electron chi connectivity index (χ2n) is 7.74. The number of rotatable bonds is 6. The van der Waals surface area contributed by atoms with Crippen LogP contribution in [0.1, 0.15) is 18.5 Å². The van der Waals surface area contributed by atoms with Gasteiger partial charge in [-0.2, -0.15) is 4.98 Å². The maximum absolute atomic E-state index is 6.13. The minimum atomic E-state index is 0.255. The molecule has 3 N–H and O–H groups in total. The molecule has 2 aromatic heterocycles. The fourth-order valence-corrected chi connectivity index (χ4v) is 3.78. The molecule has 7 heteroatoms. The molecule has 2 aromatic carbocycles. The summed E-state index contributed by atoms with van der Waals surface area (Å²) < 4.78 is 12.1. The van der Waals surface area contributed by atoms with Crippen molar-refractivity contribution < 1.29 is 9.47 Å². The van der Waals surface area contributed by atoms with Crippen molar-refractivity contribution in [2.75, 3.05) is 18.4 Å². The third kappa shape index (κ3) is 4.78. The van der Waals surface area contributed by atoms with E-state index in [1.165, 1.54) is 0 Å². The Labute approximate surface area is 180 Å². The lowest BCUT2D eigenvalue weighted by atomic mass is 10.1. The maximum Gasteiger partial charge on any atom is 0.230 e. The van der Waals surface area contributed by atoms with Crippen molar-refractivity contribution in [3.05, 3.63) is 66.5 Å². The van der Waals surface area contributed by atoms with Crippen molar-refractivity contribution in [3.8, 4) is 17.4 Å². The maximum atomic E-state index is 6.13. The summed E-state index contributed by atoms with van der Waals surface area (Å²) in [6.07, 6.45) is 3.98. The van der Waals surface area contributed by atoms with Crippen LogP contribution in [-0.4, -0.2) is 34.1 Å². The molecular weight excluding hydrogens is 390 g/mol. The van der Waals surface area contributed by atoms with Gasteiger partial charge >= 0.3 is 0 Å². The molecule has 0 amide bonds. The molecule has 1 aliphatic heterocycles. The molecular formula is C24H25N5O2. The summed E-state index contributed by atoms with van der Waals surface area (Å²) in [7, 11) is 0. The summed E-state index contributed by atoms with van der Waals surface area (Å²) in [5, 5.41) is 7.70. The predicted octanol–water partition coefficient (Wildman–Crippen LogP) is 4.93. The monoisotopic (exact) mass is 415 g/mol. The lowest BCUT2D eigenvalue weighted by Crippen LogP contribution is -2.34. The van der Waals surface area contributed by atoms with E-state index >= 15 is 0 Å². The van der Waals surface area contributed by atoms with Crippen molar-refractivity contribution >= 4 is 22.5 Å². The number of aromatic nitrogens is 3. The van der Waals surface area contributed by atoms with Gasteiger partial charge in [-0.25, -0.2) is 4.98 Å². The van der Waals surface area contributed by atoms with Crippen molar-refractivity contribution in [1.29, 1.82) is 0 Å². The first-order chi connectivity index (χ1) is 15.2. The number of anilines is 2. The number of piperidine rings is 1. The Morgan fingerprint density at radius 2 is 1.90 bits per heavy atom. The van der Waals surface area contributed by atoms with Crippen LogP contribution in [0.25, 0.3) is 10.9 Å². The van der Waals surface area contributed by atoms with Gasteiger partial charge in [0, 0.05) is 40.6 Å². The first-order valence-corrected chi connectivity index (χ1v) is 10.6. The van der Waals surface area contributed by atoms with Crippen molar-refractivity contribution in [2.45, 2.75) is 25.9 Å². The number of ether oxygens (including phenoxy) is 2. The van der Waals surface area contributed by atoms with Gasteiger partial charge in [0.1, 0.15) is 17.6 Å². The molecule has 7 nitrogen and oxygen atoms in total. The molecule has 5 rings (SSSR count). The number of nitrogens with one attached hydrogen (secondary N) is 3. The zero-order valence-corrected chi connectivity index (χ0v) is 17.4. The third-order valence-electron chi connectivity index (χ3n) is 5.26. The molecule has 3 heterocycles. The topological polar surface area (TPSA) is 84.1 Å². The molecule has 0 saturated carbocycles. The summed E-state index contributed by atoms with van der Waals surface area (Å²) in [6, 6.07) is 17.6. The first-order valence-electron chi connectivity index (χ1n) is 10.6. The van der Waals surface area contributed by atoms with Gasteiger partial charge in [0.05, 0.1) is 0 Å². The van der Waals surface area contributed by atoms with Crippen molar-refractivity contribution in [3.63, 3.8) is 0 Å². The van der Waals surface area contributed by atoms with Crippen molar-refractivity contribution in [2.24, 2.45) is 0 Å². The van der Waals surface area contributed by atoms with Crippen LogP contribution in [0.15, 0.2) is 60.8 Å². The van der Waals surface area contributed by atoms with Crippen LogP contribution in [-0.2, 0) is 0 Å². The molecule has 0 atom stereocenters. The van der Waals surface area contributed by atoms with Crippen LogP contribution in [0.5, 0.6) is 17.4 Å². The standard InChI is InChI=1S/C24H25N5O2/c1-16-13-17-14-21(5-6-22(17)27-16)31-23-9-12-26-24(29-23)28-18-3-2-4-20(15-18)30-19-7-10-25-11-8-19/h2-6,9,12-15,19,25,27H,7-8,10-11H2,1H3,(H,26,28,29). The summed E-state index contributed by atoms with van der Waals surface area (Å²) in [5.41, 5.74) is 3.07. The number of benzene rings is 2. The summed E-state index contributed by atoms with van der Waals surface area (Å²) >= 11 is 0. The smallest absolute Gasteiger partial charge is 0.230 e. The van der Waals surface area contributed by atoms with Gasteiger partial charge < -0.3 is 25.1 Å². The van der Waals surface area contributed by atoms with Gasteiger partial charge in [0.15, 0.2) is 0 Å². The molecule has 158 valence electrons. The van der Waals surface area contributed by atoms with Crippen LogP contribution >= 0.6 is 0 Å². The number of hydrogen-bond acceptors (Lipinski definition) is 6. The highest BCUT2D eigenvalue weighted by molar-refractivity contribution is 5.81. The van der Waals surface area contributed by atoms with E-state index in [-0.39, 0.29) is 6.10 Å². The Bertz CT molecular complexity index is 1180. The number of fused-ring (bicyclic) bond motifs is 1. The van der Waals surface area contributed by atoms with Crippen LogP contribution in [0.4, 0.5) is 11.6 Å². The highest BCUT2D eigenvalue weighted by atomic mass is 16.5. The summed E-state index contributed by atoms with van der Waals surface area (Å²) in [4.78, 5) is 12.1. The minimum absolute atomic E-state index is 0.255. The average Bonchev–Trinajstić information content (AvgIpc) is 3.14. The molecule has 31 heavy (non-hydrogen) atoms. The summed E-state index contributed by atoms with van der Waals surface area (Å²) in [6.45, 7) is 4.04. The third-order valence-corrected chi connectivity index (χ3v) is 5.26. The predicted molar refractivity (Wildman–Crippen MR) is 121 cm³/mol. The quantitative estimate of drug-likeness (QED) is 0.414. The number of nitrogens with zero attached hydrogens (tertiary/aromatic N) is 2. The van der Waals surface area contributed by atoms with Crippen molar-refractivity contribution in [1.82, 2.24) is 20.3 Å². The van der Waals surface area contributed by atoms with E-state index in [0.717, 1.165) is 59.7 Å². The number of aromatic amines is 1. The number of H-pyrrole nitrogens is 1. The van der Waals surface area contributed by atoms with Crippen LogP contribution in [0.2, 0.25) is 0 Å². The Hall–Kier alpha value is -3.58. The fraction of sp³-hybridized carbons (Fsp3) is 0.250. The van der Waals surface area contributed by atoms with Crippen LogP contribution in [0, 0.1) is 6.92 Å². The zero-order chi connectivity index (χ0) is 21.0. The Morgan fingerprint density at radius 3 is 2.81 bits per heavy atom. The Kier molecular flexibility index (Phi) is 5.41. The Morgan fingerprint density at radius 1 is 1.00 bits per heavy atom. The van der Waals surface area contributed by atoms with Gasteiger partial charge in [-0.15, -0.1) is 0 Å². The van der Waals surface area contributed by atoms with E-state index in [4.69, 9.17) is 9.47 Å². The normalized spacial score (nSPS) is 14.5. The SMILES string of the molecule is Cc1cc2cc(Oc3ccnc(Nc4cccc(OC5CCNCC5)c4)n3)ccc2[nH]1. The second-order valence-corrected chi connectivity index (χ2v) is 7.74. The lowest BCUT2D eigenvalue weighted by Gasteiger charge is -2.24. The van der Waals surface area contributed by atoms with E-state index in [1.807, 2.05) is 49.4 Å². The van der Waals surface area contributed by atoms with Crippen LogP contribution < -0.4 is 20.1 Å². The molecule has 4 aromatic rings. The van der Waals surface area contributed by atoms with Gasteiger partial charge in [-0.3, -0.25) is 0 Å². The van der Waals surface area contributed by atoms with E-state index < -0.39 is 0 Å². The molecule has 0 radical (unpaired) electrons. The number of aryl methyl sites for hydroxylation is 1. The van der Waals surface area contributed by atoms with E-state index in [0.29, 0.717) is 11.8 Å². The van der Waals surface area contributed by atoms with E-state index in [9.17, 15) is 0 Å². The van der Waals surface area contributed by atoms with Crippen LogP contribution in [0.3, 0.4) is 0 Å².